The number of halogens is 1. The topological polar surface area (TPSA) is 52.0 Å². The predicted molar refractivity (Wildman–Crippen MR) is 71.6 cm³/mol. The van der Waals surface area contributed by atoms with Crippen LogP contribution in [0.4, 0.5) is 5.69 Å². The first-order chi connectivity index (χ1) is 8.24. The molecular weight excluding hydrogens is 280 g/mol. The zero-order valence-electron chi connectivity index (χ0n) is 8.85. The molecule has 4 heteroatoms. The lowest BCUT2D eigenvalue weighted by Crippen LogP contribution is -1.83. The second-order valence-corrected chi connectivity index (χ2v) is 4.71. The van der Waals surface area contributed by atoms with Gasteiger partial charge in [-0.25, -0.2) is 0 Å². The van der Waals surface area contributed by atoms with Crippen LogP contribution in [0.5, 0.6) is 0 Å². The Hall–Kier alpha value is -1.81. The number of benzene rings is 2. The number of aromatic nitrogens is 1. The maximum atomic E-state index is 5.78. The number of anilines is 1. The summed E-state index contributed by atoms with van der Waals surface area (Å²) in [5.74, 6) is 0. The molecule has 0 amide bonds. The largest absolute Gasteiger partial charge is 0.399 e. The molecule has 0 fully saturated rings. The van der Waals surface area contributed by atoms with E-state index in [2.05, 4.69) is 21.1 Å². The summed E-state index contributed by atoms with van der Waals surface area (Å²) in [6, 6.07) is 13.4. The number of nitrogen functional groups attached to an aromatic ring is 1. The summed E-state index contributed by atoms with van der Waals surface area (Å²) >= 11 is 3.44. The van der Waals surface area contributed by atoms with Crippen molar-refractivity contribution in [3.8, 4) is 11.3 Å². The molecule has 0 saturated heterocycles. The van der Waals surface area contributed by atoms with E-state index >= 15 is 0 Å². The van der Waals surface area contributed by atoms with Crippen LogP contribution in [-0.4, -0.2) is 5.16 Å². The number of nitrogens with zero attached hydrogens (tertiary/aromatic N) is 1. The number of hydrogen-bond acceptors (Lipinski definition) is 3. The van der Waals surface area contributed by atoms with E-state index in [1.54, 1.807) is 6.07 Å². The summed E-state index contributed by atoms with van der Waals surface area (Å²) in [4.78, 5) is 0. The molecule has 0 aliphatic carbocycles. The maximum Gasteiger partial charge on any atom is 0.167 e. The van der Waals surface area contributed by atoms with Crippen LogP contribution in [0.1, 0.15) is 0 Å². The van der Waals surface area contributed by atoms with E-state index in [0.29, 0.717) is 5.69 Å². The molecule has 2 N–H and O–H groups in total. The van der Waals surface area contributed by atoms with Gasteiger partial charge in [0.1, 0.15) is 5.69 Å². The first kappa shape index (κ1) is 10.4. The third-order valence-corrected chi connectivity index (χ3v) is 3.09. The van der Waals surface area contributed by atoms with Crippen molar-refractivity contribution in [1.29, 1.82) is 0 Å². The highest BCUT2D eigenvalue weighted by molar-refractivity contribution is 9.10. The molecule has 3 rings (SSSR count). The fourth-order valence-electron chi connectivity index (χ4n) is 1.80. The Morgan fingerprint density at radius 3 is 2.82 bits per heavy atom. The van der Waals surface area contributed by atoms with E-state index in [0.717, 1.165) is 26.7 Å². The number of rotatable bonds is 1. The van der Waals surface area contributed by atoms with Gasteiger partial charge in [0.15, 0.2) is 5.58 Å². The standard InChI is InChI=1S/C13H9BrN2O/c14-9-3-1-2-8(6-9)13-11-7-10(15)4-5-12(11)17-16-13/h1-7H,15H2. The van der Waals surface area contributed by atoms with Crippen molar-refractivity contribution in [3.05, 3.63) is 46.9 Å². The molecule has 0 radical (unpaired) electrons. The van der Waals surface area contributed by atoms with Crippen LogP contribution in [0.3, 0.4) is 0 Å². The van der Waals surface area contributed by atoms with Crippen LogP contribution in [-0.2, 0) is 0 Å². The van der Waals surface area contributed by atoms with Crippen molar-refractivity contribution >= 4 is 32.6 Å². The Morgan fingerprint density at radius 2 is 2.00 bits per heavy atom. The molecule has 0 unspecified atom stereocenters. The van der Waals surface area contributed by atoms with Gasteiger partial charge in [0, 0.05) is 15.7 Å². The van der Waals surface area contributed by atoms with Gasteiger partial charge in [-0.15, -0.1) is 0 Å². The summed E-state index contributed by atoms with van der Waals surface area (Å²) in [6.07, 6.45) is 0. The minimum atomic E-state index is 0.706. The van der Waals surface area contributed by atoms with Crippen LogP contribution < -0.4 is 5.73 Å². The van der Waals surface area contributed by atoms with Gasteiger partial charge in [-0.1, -0.05) is 33.2 Å². The molecule has 1 aromatic heterocycles. The van der Waals surface area contributed by atoms with Crippen LogP contribution in [0, 0.1) is 0 Å². The zero-order valence-corrected chi connectivity index (χ0v) is 10.4. The molecule has 0 bridgehead atoms. The number of fused-ring (bicyclic) bond motifs is 1. The van der Waals surface area contributed by atoms with Gasteiger partial charge in [0.2, 0.25) is 0 Å². The van der Waals surface area contributed by atoms with E-state index in [1.165, 1.54) is 0 Å². The maximum absolute atomic E-state index is 5.78. The lowest BCUT2D eigenvalue weighted by Gasteiger charge is -1.98. The first-order valence-corrected chi connectivity index (χ1v) is 5.94. The Balaban J connectivity index is 2.27. The van der Waals surface area contributed by atoms with Gasteiger partial charge in [0.25, 0.3) is 0 Å². The molecule has 3 aromatic rings. The van der Waals surface area contributed by atoms with Crippen LogP contribution in [0.2, 0.25) is 0 Å². The first-order valence-electron chi connectivity index (χ1n) is 5.15. The molecule has 0 atom stereocenters. The fraction of sp³-hybridized carbons (Fsp3) is 0. The van der Waals surface area contributed by atoms with Gasteiger partial charge in [-0.3, -0.25) is 0 Å². The van der Waals surface area contributed by atoms with E-state index in [4.69, 9.17) is 10.3 Å². The summed E-state index contributed by atoms with van der Waals surface area (Å²) < 4.78 is 6.29. The van der Waals surface area contributed by atoms with Crippen molar-refractivity contribution in [3.63, 3.8) is 0 Å². The van der Waals surface area contributed by atoms with Crippen LogP contribution >= 0.6 is 15.9 Å². The Labute approximate surface area is 106 Å². The Kier molecular flexibility index (Phi) is 2.37. The average Bonchev–Trinajstić information content (AvgIpc) is 2.71. The highest BCUT2D eigenvalue weighted by Crippen LogP contribution is 2.30. The quantitative estimate of drug-likeness (QED) is 0.692. The molecule has 84 valence electrons. The number of hydrogen-bond donors (Lipinski definition) is 1. The van der Waals surface area contributed by atoms with Gasteiger partial charge >= 0.3 is 0 Å². The molecule has 0 aliphatic rings. The monoisotopic (exact) mass is 288 g/mol. The summed E-state index contributed by atoms with van der Waals surface area (Å²) in [5.41, 5.74) is 9.05. The molecule has 17 heavy (non-hydrogen) atoms. The predicted octanol–water partition coefficient (Wildman–Crippen LogP) is 3.84. The average molecular weight is 289 g/mol. The normalized spacial score (nSPS) is 10.9. The van der Waals surface area contributed by atoms with Crippen molar-refractivity contribution in [2.75, 3.05) is 5.73 Å². The van der Waals surface area contributed by atoms with E-state index in [1.807, 2.05) is 36.4 Å². The molecular formula is C13H9BrN2O. The Morgan fingerprint density at radius 1 is 1.12 bits per heavy atom. The SMILES string of the molecule is Nc1ccc2onc(-c3cccc(Br)c3)c2c1. The lowest BCUT2D eigenvalue weighted by molar-refractivity contribution is 0.459. The minimum absolute atomic E-state index is 0.706. The van der Waals surface area contributed by atoms with Crippen molar-refractivity contribution in [1.82, 2.24) is 5.16 Å². The highest BCUT2D eigenvalue weighted by Gasteiger charge is 2.10. The molecule has 0 aliphatic heterocycles. The summed E-state index contributed by atoms with van der Waals surface area (Å²) in [6.45, 7) is 0. The smallest absolute Gasteiger partial charge is 0.167 e. The van der Waals surface area contributed by atoms with Crippen LogP contribution in [0.25, 0.3) is 22.2 Å². The Bertz CT molecular complexity index is 691. The second kappa shape index (κ2) is 3.89. The summed E-state index contributed by atoms with van der Waals surface area (Å²) in [7, 11) is 0. The van der Waals surface area contributed by atoms with Gasteiger partial charge in [-0.2, -0.15) is 0 Å². The molecule has 0 spiro atoms. The van der Waals surface area contributed by atoms with Gasteiger partial charge < -0.3 is 10.3 Å². The fourth-order valence-corrected chi connectivity index (χ4v) is 2.20. The molecule has 1 heterocycles. The summed E-state index contributed by atoms with van der Waals surface area (Å²) in [5, 5.41) is 5.03. The molecule has 0 saturated carbocycles. The van der Waals surface area contributed by atoms with Gasteiger partial charge in [-0.05, 0) is 30.3 Å². The zero-order chi connectivity index (χ0) is 11.8. The minimum Gasteiger partial charge on any atom is -0.399 e. The van der Waals surface area contributed by atoms with Crippen molar-refractivity contribution in [2.24, 2.45) is 0 Å². The second-order valence-electron chi connectivity index (χ2n) is 3.80. The number of nitrogens with two attached hydrogens (primary N) is 1. The van der Waals surface area contributed by atoms with Crippen molar-refractivity contribution < 1.29 is 4.52 Å². The van der Waals surface area contributed by atoms with E-state index < -0.39 is 0 Å². The lowest BCUT2D eigenvalue weighted by atomic mass is 10.1. The highest BCUT2D eigenvalue weighted by atomic mass is 79.9. The van der Waals surface area contributed by atoms with Crippen molar-refractivity contribution in [2.45, 2.75) is 0 Å². The van der Waals surface area contributed by atoms with Crippen LogP contribution in [0.15, 0.2) is 51.5 Å². The van der Waals surface area contributed by atoms with E-state index in [9.17, 15) is 0 Å². The van der Waals surface area contributed by atoms with Gasteiger partial charge in [0.05, 0.1) is 5.39 Å². The third-order valence-electron chi connectivity index (χ3n) is 2.59. The molecule has 3 nitrogen and oxygen atoms in total. The molecule has 2 aromatic carbocycles. The van der Waals surface area contributed by atoms with E-state index in [-0.39, 0.29) is 0 Å². The third kappa shape index (κ3) is 1.80.